The molecule has 1 aliphatic carbocycles. The van der Waals surface area contributed by atoms with Crippen LogP contribution in [0.1, 0.15) is 31.7 Å². The standard InChI is InChI=1S/C10H13F3N2/c11-10(12,13)8-2-4-9(5-3-8)15-7-1-6-14-15/h1,6-9H,2-5H2. The number of nitrogens with zero attached hydrogens (tertiary/aromatic N) is 2. The molecule has 0 aliphatic heterocycles. The summed E-state index contributed by atoms with van der Waals surface area (Å²) in [5, 5.41) is 4.06. The van der Waals surface area contributed by atoms with Gasteiger partial charge in [0.15, 0.2) is 0 Å². The summed E-state index contributed by atoms with van der Waals surface area (Å²) in [5.74, 6) is -1.11. The number of hydrogen-bond donors (Lipinski definition) is 0. The molecule has 5 heteroatoms. The summed E-state index contributed by atoms with van der Waals surface area (Å²) in [6, 6.07) is 1.95. The van der Waals surface area contributed by atoms with Gasteiger partial charge >= 0.3 is 6.18 Å². The van der Waals surface area contributed by atoms with Gasteiger partial charge in [0.1, 0.15) is 0 Å². The number of hydrogen-bond acceptors (Lipinski definition) is 1. The quantitative estimate of drug-likeness (QED) is 0.707. The van der Waals surface area contributed by atoms with Crippen molar-refractivity contribution in [3.05, 3.63) is 18.5 Å². The van der Waals surface area contributed by atoms with Gasteiger partial charge in [-0.25, -0.2) is 0 Å². The molecule has 1 heterocycles. The molecule has 0 amide bonds. The van der Waals surface area contributed by atoms with Crippen LogP contribution in [0, 0.1) is 5.92 Å². The molecule has 0 spiro atoms. The molecule has 1 aliphatic rings. The number of aromatic nitrogens is 2. The van der Waals surface area contributed by atoms with Crippen LogP contribution in [0.15, 0.2) is 18.5 Å². The van der Waals surface area contributed by atoms with Crippen molar-refractivity contribution in [2.45, 2.75) is 37.9 Å². The highest BCUT2D eigenvalue weighted by atomic mass is 19.4. The fraction of sp³-hybridized carbons (Fsp3) is 0.700. The van der Waals surface area contributed by atoms with Crippen LogP contribution in [0.3, 0.4) is 0 Å². The second-order valence-electron chi connectivity index (χ2n) is 4.03. The van der Waals surface area contributed by atoms with Crippen molar-refractivity contribution in [2.75, 3.05) is 0 Å². The molecule has 0 bridgehead atoms. The highest BCUT2D eigenvalue weighted by Crippen LogP contribution is 2.40. The molecule has 0 aromatic carbocycles. The van der Waals surface area contributed by atoms with Gasteiger partial charge in [-0.2, -0.15) is 18.3 Å². The molecule has 1 fully saturated rings. The fourth-order valence-corrected chi connectivity index (χ4v) is 2.16. The molecule has 1 aromatic heterocycles. The van der Waals surface area contributed by atoms with Crippen molar-refractivity contribution in [2.24, 2.45) is 5.92 Å². The van der Waals surface area contributed by atoms with Crippen molar-refractivity contribution >= 4 is 0 Å². The van der Waals surface area contributed by atoms with Crippen LogP contribution in [0.4, 0.5) is 13.2 Å². The van der Waals surface area contributed by atoms with Crippen molar-refractivity contribution in [1.82, 2.24) is 9.78 Å². The zero-order valence-electron chi connectivity index (χ0n) is 8.24. The van der Waals surface area contributed by atoms with Gasteiger partial charge in [0.05, 0.1) is 12.0 Å². The van der Waals surface area contributed by atoms with E-state index in [4.69, 9.17) is 0 Å². The minimum Gasteiger partial charge on any atom is -0.270 e. The summed E-state index contributed by atoms with van der Waals surface area (Å²) in [7, 11) is 0. The lowest BCUT2D eigenvalue weighted by Gasteiger charge is -2.29. The predicted octanol–water partition coefficient (Wildman–Crippen LogP) is 3.18. The Morgan fingerprint density at radius 1 is 1.13 bits per heavy atom. The van der Waals surface area contributed by atoms with Crippen LogP contribution >= 0.6 is 0 Å². The molecular weight excluding hydrogens is 205 g/mol. The van der Waals surface area contributed by atoms with E-state index in [-0.39, 0.29) is 18.9 Å². The molecule has 0 radical (unpaired) electrons. The van der Waals surface area contributed by atoms with Crippen LogP contribution in [0.5, 0.6) is 0 Å². The van der Waals surface area contributed by atoms with Gasteiger partial charge in [-0.15, -0.1) is 0 Å². The third kappa shape index (κ3) is 2.33. The zero-order chi connectivity index (χ0) is 10.9. The van der Waals surface area contributed by atoms with Gasteiger partial charge in [0.25, 0.3) is 0 Å². The van der Waals surface area contributed by atoms with Crippen LogP contribution in [0.25, 0.3) is 0 Å². The maximum atomic E-state index is 12.4. The van der Waals surface area contributed by atoms with Gasteiger partial charge < -0.3 is 0 Å². The lowest BCUT2D eigenvalue weighted by molar-refractivity contribution is -0.183. The predicted molar refractivity (Wildman–Crippen MR) is 49.3 cm³/mol. The summed E-state index contributed by atoms with van der Waals surface area (Å²) in [6.07, 6.45) is 1.07. The summed E-state index contributed by atoms with van der Waals surface area (Å²) in [4.78, 5) is 0. The maximum Gasteiger partial charge on any atom is 0.391 e. The second kappa shape index (κ2) is 3.87. The van der Waals surface area contributed by atoms with E-state index in [0.29, 0.717) is 12.8 Å². The van der Waals surface area contributed by atoms with E-state index in [1.165, 1.54) is 0 Å². The normalized spacial score (nSPS) is 27.9. The largest absolute Gasteiger partial charge is 0.391 e. The Kier molecular flexibility index (Phi) is 2.71. The van der Waals surface area contributed by atoms with Crippen molar-refractivity contribution in [3.63, 3.8) is 0 Å². The average molecular weight is 218 g/mol. The molecule has 15 heavy (non-hydrogen) atoms. The van der Waals surface area contributed by atoms with E-state index in [2.05, 4.69) is 5.10 Å². The van der Waals surface area contributed by atoms with Gasteiger partial charge in [0.2, 0.25) is 0 Å². The van der Waals surface area contributed by atoms with E-state index in [1.54, 1.807) is 16.9 Å². The molecule has 0 unspecified atom stereocenters. The first kappa shape index (κ1) is 10.5. The summed E-state index contributed by atoms with van der Waals surface area (Å²) in [6.45, 7) is 0. The van der Waals surface area contributed by atoms with Gasteiger partial charge in [-0.05, 0) is 31.7 Å². The number of rotatable bonds is 1. The SMILES string of the molecule is FC(F)(F)C1CCC(n2cccn2)CC1. The minimum absolute atomic E-state index is 0.151. The second-order valence-corrected chi connectivity index (χ2v) is 4.03. The van der Waals surface area contributed by atoms with E-state index in [1.807, 2.05) is 6.20 Å². The third-order valence-electron chi connectivity index (χ3n) is 3.06. The first-order chi connectivity index (χ1) is 7.07. The Morgan fingerprint density at radius 3 is 2.27 bits per heavy atom. The monoisotopic (exact) mass is 218 g/mol. The molecule has 1 saturated carbocycles. The van der Waals surface area contributed by atoms with E-state index < -0.39 is 12.1 Å². The Labute approximate surface area is 86.1 Å². The first-order valence-corrected chi connectivity index (χ1v) is 5.13. The van der Waals surface area contributed by atoms with Gasteiger partial charge in [0, 0.05) is 12.4 Å². The number of halogens is 3. The molecule has 2 nitrogen and oxygen atoms in total. The van der Waals surface area contributed by atoms with Crippen LogP contribution in [0.2, 0.25) is 0 Å². The smallest absolute Gasteiger partial charge is 0.270 e. The van der Waals surface area contributed by atoms with Crippen LogP contribution < -0.4 is 0 Å². The fourth-order valence-electron chi connectivity index (χ4n) is 2.16. The minimum atomic E-state index is -4.02. The van der Waals surface area contributed by atoms with E-state index in [0.717, 1.165) is 0 Å². The third-order valence-corrected chi connectivity index (χ3v) is 3.06. The molecular formula is C10H13F3N2. The lowest BCUT2D eigenvalue weighted by Crippen LogP contribution is -2.28. The van der Waals surface area contributed by atoms with Crippen molar-refractivity contribution in [3.8, 4) is 0 Å². The van der Waals surface area contributed by atoms with Crippen LogP contribution in [-0.2, 0) is 0 Å². The Morgan fingerprint density at radius 2 is 1.80 bits per heavy atom. The Balaban J connectivity index is 1.93. The average Bonchev–Trinajstić information content (AvgIpc) is 2.69. The molecule has 84 valence electrons. The van der Waals surface area contributed by atoms with E-state index in [9.17, 15) is 13.2 Å². The molecule has 0 N–H and O–H groups in total. The zero-order valence-corrected chi connectivity index (χ0v) is 8.24. The van der Waals surface area contributed by atoms with Crippen molar-refractivity contribution in [1.29, 1.82) is 0 Å². The first-order valence-electron chi connectivity index (χ1n) is 5.13. The van der Waals surface area contributed by atoms with Gasteiger partial charge in [-0.1, -0.05) is 0 Å². The van der Waals surface area contributed by atoms with Crippen LogP contribution in [-0.4, -0.2) is 16.0 Å². The van der Waals surface area contributed by atoms with Gasteiger partial charge in [-0.3, -0.25) is 4.68 Å². The highest BCUT2D eigenvalue weighted by molar-refractivity contribution is 4.85. The Bertz CT molecular complexity index is 297. The molecule has 2 rings (SSSR count). The lowest BCUT2D eigenvalue weighted by atomic mass is 9.86. The topological polar surface area (TPSA) is 17.8 Å². The Hall–Kier alpha value is -1.00. The van der Waals surface area contributed by atoms with Crippen molar-refractivity contribution < 1.29 is 13.2 Å². The molecule has 0 saturated heterocycles. The van der Waals surface area contributed by atoms with E-state index >= 15 is 0 Å². The molecule has 1 aromatic rings. The maximum absolute atomic E-state index is 12.4. The highest BCUT2D eigenvalue weighted by Gasteiger charge is 2.41. The summed E-state index contributed by atoms with van der Waals surface area (Å²) >= 11 is 0. The number of alkyl halides is 3. The molecule has 0 atom stereocenters. The summed E-state index contributed by atoms with van der Waals surface area (Å²) < 4.78 is 38.9. The summed E-state index contributed by atoms with van der Waals surface area (Å²) in [5.41, 5.74) is 0.